The molecule has 2 aromatic rings. The molecule has 0 aliphatic heterocycles. The third kappa shape index (κ3) is 3.19. The molecule has 24 heavy (non-hydrogen) atoms. The van der Waals surface area contributed by atoms with Crippen LogP contribution in [-0.4, -0.2) is 64.4 Å². The number of aryl methyl sites for hydroxylation is 1. The first-order chi connectivity index (χ1) is 11.3. The minimum absolute atomic E-state index is 0.0901. The van der Waals surface area contributed by atoms with Gasteiger partial charge in [0.25, 0.3) is 5.56 Å². The minimum atomic E-state index is -1.72. The third-order valence-corrected chi connectivity index (χ3v) is 3.63. The Balaban J connectivity index is 2.58. The van der Waals surface area contributed by atoms with Crippen molar-refractivity contribution in [3.63, 3.8) is 0 Å². The lowest BCUT2D eigenvalue weighted by atomic mass is 10.1. The summed E-state index contributed by atoms with van der Waals surface area (Å²) in [6.07, 6.45) is -4.65. The van der Waals surface area contributed by atoms with Gasteiger partial charge in [0.2, 0.25) is 0 Å². The second-order valence-corrected chi connectivity index (χ2v) is 5.31. The van der Waals surface area contributed by atoms with Gasteiger partial charge in [0, 0.05) is 6.54 Å². The summed E-state index contributed by atoms with van der Waals surface area (Å²) in [7, 11) is 0. The molecule has 1 radical (unpaired) electrons. The average molecular weight is 343 g/mol. The molecule has 0 spiro atoms. The molecule has 2 rings (SSSR count). The van der Waals surface area contributed by atoms with Crippen LogP contribution in [0.2, 0.25) is 0 Å². The predicted octanol–water partition coefficient (Wildman–Crippen LogP) is -3.52. The first-order valence-electron chi connectivity index (χ1n) is 7.21. The van der Waals surface area contributed by atoms with Crippen LogP contribution < -0.4 is 16.9 Å². The summed E-state index contributed by atoms with van der Waals surface area (Å²) >= 11 is 0. The molecular formula is C13H19N4O7. The first-order valence-corrected chi connectivity index (χ1v) is 7.21. The molecule has 0 aliphatic rings. The summed E-state index contributed by atoms with van der Waals surface area (Å²) < 4.78 is 2.01. The van der Waals surface area contributed by atoms with E-state index in [0.29, 0.717) is 6.42 Å². The van der Waals surface area contributed by atoms with E-state index in [1.807, 2.05) is 4.98 Å². The lowest BCUT2D eigenvalue weighted by Gasteiger charge is -2.21. The lowest BCUT2D eigenvalue weighted by Crippen LogP contribution is -2.43. The molecule has 6 N–H and O–H groups in total. The Morgan fingerprint density at radius 3 is 2.29 bits per heavy atom. The summed E-state index contributed by atoms with van der Waals surface area (Å²) in [5.41, 5.74) is -2.51. The molecule has 0 unspecified atom stereocenters. The Morgan fingerprint density at radius 1 is 1.04 bits per heavy atom. The summed E-state index contributed by atoms with van der Waals surface area (Å²) in [6, 6.07) is 0. The second-order valence-electron chi connectivity index (χ2n) is 5.31. The van der Waals surface area contributed by atoms with E-state index >= 15 is 0 Å². The van der Waals surface area contributed by atoms with Crippen LogP contribution in [-0.2, 0) is 13.1 Å². The number of rotatable bonds is 7. The molecule has 11 heteroatoms. The standard InChI is InChI=1S/C13H19N4O7/c1-2-3-16-8-10(14-12(23)15-11(8)22)17(13(16)24)4-6(19)9(21)7(20)5-18/h6-7,9,18-21H,1-5H2,(H2,14,15,22,23)/t6-,7+,9-/m0/s1. The summed E-state index contributed by atoms with van der Waals surface area (Å²) in [5, 5.41) is 37.8. The third-order valence-electron chi connectivity index (χ3n) is 3.63. The van der Waals surface area contributed by atoms with Gasteiger partial charge in [-0.1, -0.05) is 6.92 Å². The molecular weight excluding hydrogens is 324 g/mol. The van der Waals surface area contributed by atoms with Gasteiger partial charge in [-0.25, -0.2) is 9.59 Å². The van der Waals surface area contributed by atoms with Crippen molar-refractivity contribution >= 4 is 11.2 Å². The topological polar surface area (TPSA) is 174 Å². The van der Waals surface area contributed by atoms with Gasteiger partial charge in [-0.15, -0.1) is 0 Å². The van der Waals surface area contributed by atoms with E-state index in [1.165, 1.54) is 0 Å². The monoisotopic (exact) mass is 343 g/mol. The Labute approximate surface area is 134 Å². The normalized spacial score (nSPS) is 15.5. The number of aliphatic hydroxyl groups excluding tert-OH is 4. The van der Waals surface area contributed by atoms with Crippen LogP contribution >= 0.6 is 0 Å². The van der Waals surface area contributed by atoms with E-state index in [1.54, 1.807) is 0 Å². The van der Waals surface area contributed by atoms with Gasteiger partial charge in [0.05, 0.1) is 13.2 Å². The highest BCUT2D eigenvalue weighted by molar-refractivity contribution is 5.69. The Morgan fingerprint density at radius 2 is 1.71 bits per heavy atom. The van der Waals surface area contributed by atoms with Crippen LogP contribution in [0.3, 0.4) is 0 Å². The average Bonchev–Trinajstić information content (AvgIpc) is 2.79. The number of fused-ring (bicyclic) bond motifs is 1. The molecule has 2 heterocycles. The molecule has 11 nitrogen and oxygen atoms in total. The molecule has 0 amide bonds. The van der Waals surface area contributed by atoms with Crippen molar-refractivity contribution in [3.05, 3.63) is 38.2 Å². The highest BCUT2D eigenvalue weighted by atomic mass is 16.4. The van der Waals surface area contributed by atoms with Gasteiger partial charge < -0.3 is 20.4 Å². The molecule has 0 bridgehead atoms. The SMILES string of the molecule is [CH2]CCn1c(=O)n(C[C@H](O)[C@H](O)[C@H](O)CO)c2[nH]c(=O)[nH]c(=O)c21. The van der Waals surface area contributed by atoms with Gasteiger partial charge in [0.1, 0.15) is 24.0 Å². The molecule has 3 atom stereocenters. The van der Waals surface area contributed by atoms with E-state index in [2.05, 4.69) is 11.9 Å². The quantitative estimate of drug-likeness (QED) is 0.302. The number of hydrogen-bond donors (Lipinski definition) is 6. The van der Waals surface area contributed by atoms with Crippen molar-refractivity contribution in [3.8, 4) is 0 Å². The van der Waals surface area contributed by atoms with Crippen LogP contribution in [0.4, 0.5) is 0 Å². The van der Waals surface area contributed by atoms with E-state index in [9.17, 15) is 29.7 Å². The molecule has 0 saturated heterocycles. The summed E-state index contributed by atoms with van der Waals surface area (Å²) in [6.45, 7) is 2.42. The number of aliphatic hydroxyl groups is 4. The molecule has 0 aliphatic carbocycles. The zero-order chi connectivity index (χ0) is 18.0. The summed E-state index contributed by atoms with van der Waals surface area (Å²) in [4.78, 5) is 40.2. The molecule has 0 saturated carbocycles. The molecule has 0 fully saturated rings. The molecule has 133 valence electrons. The maximum Gasteiger partial charge on any atom is 0.330 e. The number of aromatic amines is 2. The zero-order valence-electron chi connectivity index (χ0n) is 12.7. The van der Waals surface area contributed by atoms with Gasteiger partial charge in [-0.05, 0) is 6.42 Å². The van der Waals surface area contributed by atoms with Crippen molar-refractivity contribution < 1.29 is 20.4 Å². The lowest BCUT2D eigenvalue weighted by molar-refractivity contribution is -0.0806. The van der Waals surface area contributed by atoms with Gasteiger partial charge in [-0.3, -0.25) is 23.9 Å². The highest BCUT2D eigenvalue weighted by Crippen LogP contribution is 2.08. The van der Waals surface area contributed by atoms with Gasteiger partial charge >= 0.3 is 11.4 Å². The van der Waals surface area contributed by atoms with Crippen molar-refractivity contribution in [2.24, 2.45) is 0 Å². The van der Waals surface area contributed by atoms with Crippen molar-refractivity contribution in [2.45, 2.75) is 37.8 Å². The summed E-state index contributed by atoms with van der Waals surface area (Å²) in [5.74, 6) is 0. The van der Waals surface area contributed by atoms with E-state index < -0.39 is 48.4 Å². The van der Waals surface area contributed by atoms with Crippen molar-refractivity contribution in [1.29, 1.82) is 0 Å². The fraction of sp³-hybridized carbons (Fsp3) is 0.538. The number of H-pyrrole nitrogens is 2. The Kier molecular flexibility index (Phi) is 5.39. The van der Waals surface area contributed by atoms with Crippen LogP contribution in [0, 0.1) is 6.92 Å². The zero-order valence-corrected chi connectivity index (χ0v) is 12.7. The largest absolute Gasteiger partial charge is 0.394 e. The van der Waals surface area contributed by atoms with Gasteiger partial charge in [0.15, 0.2) is 5.52 Å². The Hall–Kier alpha value is -2.21. The number of aromatic nitrogens is 4. The number of nitrogens with zero attached hydrogens (tertiary/aromatic N) is 2. The Bertz CT molecular complexity index is 877. The first kappa shape index (κ1) is 18.1. The molecule has 0 aromatic carbocycles. The molecule has 2 aromatic heterocycles. The van der Waals surface area contributed by atoms with Gasteiger partial charge in [-0.2, -0.15) is 0 Å². The fourth-order valence-electron chi connectivity index (χ4n) is 2.44. The highest BCUT2D eigenvalue weighted by Gasteiger charge is 2.27. The number of hydrogen-bond acceptors (Lipinski definition) is 7. The van der Waals surface area contributed by atoms with E-state index in [-0.39, 0.29) is 17.7 Å². The van der Waals surface area contributed by atoms with Crippen LogP contribution in [0.15, 0.2) is 14.4 Å². The fourth-order valence-corrected chi connectivity index (χ4v) is 2.44. The van der Waals surface area contributed by atoms with E-state index in [4.69, 9.17) is 5.11 Å². The van der Waals surface area contributed by atoms with Crippen LogP contribution in [0.25, 0.3) is 11.2 Å². The second kappa shape index (κ2) is 7.13. The van der Waals surface area contributed by atoms with Crippen molar-refractivity contribution in [1.82, 2.24) is 19.1 Å². The minimum Gasteiger partial charge on any atom is -0.394 e. The number of nitrogens with one attached hydrogen (secondary N) is 2. The number of imidazole rings is 1. The smallest absolute Gasteiger partial charge is 0.330 e. The maximum atomic E-state index is 12.5. The van der Waals surface area contributed by atoms with Crippen molar-refractivity contribution in [2.75, 3.05) is 6.61 Å². The predicted molar refractivity (Wildman–Crippen MR) is 82.5 cm³/mol. The van der Waals surface area contributed by atoms with Crippen LogP contribution in [0.5, 0.6) is 0 Å². The van der Waals surface area contributed by atoms with Crippen LogP contribution in [0.1, 0.15) is 6.42 Å². The maximum absolute atomic E-state index is 12.5. The van der Waals surface area contributed by atoms with E-state index in [0.717, 1.165) is 9.13 Å².